The van der Waals surface area contributed by atoms with Crippen LogP contribution in [0.4, 0.5) is 5.69 Å². The van der Waals surface area contributed by atoms with Gasteiger partial charge in [-0.05, 0) is 57.9 Å². The van der Waals surface area contributed by atoms with Gasteiger partial charge in [-0.15, -0.1) is 0 Å². The molecule has 0 fully saturated rings. The number of allylic oxidation sites excluding steroid dienone is 2. The SMILES string of the molecule is C=C(C(=O)Nc1ccccc1)C(CCC=C(C)C)S(=O)(=O)c1ccc(C)cc1. The first kappa shape index (κ1) is 21.6. The van der Waals surface area contributed by atoms with Crippen LogP contribution in [0.1, 0.15) is 32.3 Å². The number of nitrogens with one attached hydrogen (secondary N) is 1. The lowest BCUT2D eigenvalue weighted by Gasteiger charge is -2.20. The summed E-state index contributed by atoms with van der Waals surface area (Å²) in [6, 6.07) is 15.6. The number of hydrogen-bond donors (Lipinski definition) is 1. The number of rotatable bonds is 8. The molecule has 5 heteroatoms. The van der Waals surface area contributed by atoms with Crippen LogP contribution in [0.2, 0.25) is 0 Å². The first-order valence-electron chi connectivity index (χ1n) is 9.21. The van der Waals surface area contributed by atoms with Crippen LogP contribution < -0.4 is 5.32 Å². The van der Waals surface area contributed by atoms with Crippen LogP contribution >= 0.6 is 0 Å². The van der Waals surface area contributed by atoms with Gasteiger partial charge in [-0.3, -0.25) is 4.79 Å². The fourth-order valence-electron chi connectivity index (χ4n) is 2.81. The number of anilines is 1. The predicted octanol–water partition coefficient (Wildman–Crippen LogP) is 5.08. The third-order valence-corrected chi connectivity index (χ3v) is 6.62. The molecule has 0 saturated carbocycles. The van der Waals surface area contributed by atoms with Crippen molar-refractivity contribution in [2.75, 3.05) is 5.32 Å². The number of carbonyl (C=O) groups is 1. The maximum absolute atomic E-state index is 13.3. The summed E-state index contributed by atoms with van der Waals surface area (Å²) in [6.07, 6.45) is 2.82. The van der Waals surface area contributed by atoms with Gasteiger partial charge in [-0.2, -0.15) is 0 Å². The molecule has 0 bridgehead atoms. The van der Waals surface area contributed by atoms with Crippen molar-refractivity contribution in [2.24, 2.45) is 0 Å². The second-order valence-corrected chi connectivity index (χ2v) is 9.18. The normalized spacial score (nSPS) is 12.1. The van der Waals surface area contributed by atoms with E-state index < -0.39 is 21.0 Å². The molecule has 0 radical (unpaired) electrons. The minimum atomic E-state index is -3.74. The Labute approximate surface area is 167 Å². The Balaban J connectivity index is 2.32. The monoisotopic (exact) mass is 397 g/mol. The molecule has 0 aromatic heterocycles. The summed E-state index contributed by atoms with van der Waals surface area (Å²) < 4.78 is 26.5. The molecule has 148 valence electrons. The quantitative estimate of drug-likeness (QED) is 0.499. The predicted molar refractivity (Wildman–Crippen MR) is 115 cm³/mol. The highest BCUT2D eigenvalue weighted by Crippen LogP contribution is 2.26. The summed E-state index contributed by atoms with van der Waals surface area (Å²) in [5.41, 5.74) is 2.72. The summed E-state index contributed by atoms with van der Waals surface area (Å²) in [5, 5.41) is 1.74. The van der Waals surface area contributed by atoms with Gasteiger partial charge in [0.1, 0.15) is 0 Å². The number of aryl methyl sites for hydroxylation is 1. The van der Waals surface area contributed by atoms with Gasteiger partial charge in [-0.1, -0.05) is 54.1 Å². The number of sulfone groups is 1. The molecule has 1 atom stereocenters. The van der Waals surface area contributed by atoms with Crippen LogP contribution in [0.5, 0.6) is 0 Å². The van der Waals surface area contributed by atoms with E-state index >= 15 is 0 Å². The van der Waals surface area contributed by atoms with E-state index in [9.17, 15) is 13.2 Å². The van der Waals surface area contributed by atoms with E-state index in [1.54, 1.807) is 48.5 Å². The molecule has 1 N–H and O–H groups in total. The summed E-state index contributed by atoms with van der Waals surface area (Å²) in [7, 11) is -3.74. The molecule has 28 heavy (non-hydrogen) atoms. The van der Waals surface area contributed by atoms with Crippen molar-refractivity contribution in [1.29, 1.82) is 0 Å². The Hall–Kier alpha value is -2.66. The number of amides is 1. The molecule has 0 aliphatic rings. The Morgan fingerprint density at radius 1 is 1.07 bits per heavy atom. The van der Waals surface area contributed by atoms with Gasteiger partial charge in [0.25, 0.3) is 5.91 Å². The zero-order chi connectivity index (χ0) is 20.7. The van der Waals surface area contributed by atoms with Crippen LogP contribution in [0, 0.1) is 6.92 Å². The van der Waals surface area contributed by atoms with Gasteiger partial charge < -0.3 is 5.32 Å². The Morgan fingerprint density at radius 2 is 1.68 bits per heavy atom. The van der Waals surface area contributed by atoms with Gasteiger partial charge >= 0.3 is 0 Å². The Bertz CT molecular complexity index is 955. The topological polar surface area (TPSA) is 63.2 Å². The van der Waals surface area contributed by atoms with Crippen molar-refractivity contribution >= 4 is 21.4 Å². The number of benzene rings is 2. The zero-order valence-corrected chi connectivity index (χ0v) is 17.4. The van der Waals surface area contributed by atoms with Crippen LogP contribution in [0.3, 0.4) is 0 Å². The van der Waals surface area contributed by atoms with E-state index in [1.165, 1.54) is 0 Å². The highest BCUT2D eigenvalue weighted by Gasteiger charge is 2.32. The van der Waals surface area contributed by atoms with E-state index in [0.29, 0.717) is 18.5 Å². The molecule has 4 nitrogen and oxygen atoms in total. The van der Waals surface area contributed by atoms with Crippen molar-refractivity contribution in [3.63, 3.8) is 0 Å². The Morgan fingerprint density at radius 3 is 2.25 bits per heavy atom. The zero-order valence-electron chi connectivity index (χ0n) is 16.6. The van der Waals surface area contributed by atoms with Gasteiger partial charge in [0, 0.05) is 11.3 Å². The van der Waals surface area contributed by atoms with Crippen LogP contribution in [0.25, 0.3) is 0 Å². The molecular weight excluding hydrogens is 370 g/mol. The van der Waals surface area contributed by atoms with Gasteiger partial charge in [0.05, 0.1) is 10.1 Å². The number of para-hydroxylation sites is 1. The maximum Gasteiger partial charge on any atom is 0.252 e. The van der Waals surface area contributed by atoms with Crippen molar-refractivity contribution < 1.29 is 13.2 Å². The van der Waals surface area contributed by atoms with E-state index in [0.717, 1.165) is 11.1 Å². The molecular formula is C23H27NO3S. The van der Waals surface area contributed by atoms with E-state index in [1.807, 2.05) is 32.9 Å². The molecule has 0 aliphatic heterocycles. The maximum atomic E-state index is 13.3. The third kappa shape index (κ3) is 5.67. The highest BCUT2D eigenvalue weighted by molar-refractivity contribution is 7.92. The Kier molecular flexibility index (Phi) is 7.35. The van der Waals surface area contributed by atoms with E-state index in [4.69, 9.17) is 0 Å². The van der Waals surface area contributed by atoms with Crippen molar-refractivity contribution in [1.82, 2.24) is 0 Å². The summed E-state index contributed by atoms with van der Waals surface area (Å²) in [5.74, 6) is -0.482. The molecule has 0 heterocycles. The molecule has 2 rings (SSSR count). The molecule has 0 aliphatic carbocycles. The van der Waals surface area contributed by atoms with Crippen molar-refractivity contribution in [2.45, 2.75) is 43.8 Å². The molecule has 2 aromatic rings. The van der Waals surface area contributed by atoms with Crippen LogP contribution in [-0.2, 0) is 14.6 Å². The first-order valence-corrected chi connectivity index (χ1v) is 10.8. The minimum absolute atomic E-state index is 0.0478. The van der Waals surface area contributed by atoms with Crippen molar-refractivity contribution in [3.05, 3.63) is 84.0 Å². The van der Waals surface area contributed by atoms with Gasteiger partial charge in [0.2, 0.25) is 0 Å². The minimum Gasteiger partial charge on any atom is -0.322 e. The number of hydrogen-bond acceptors (Lipinski definition) is 3. The van der Waals surface area contributed by atoms with Crippen molar-refractivity contribution in [3.8, 4) is 0 Å². The smallest absolute Gasteiger partial charge is 0.252 e. The molecule has 2 aromatic carbocycles. The second-order valence-electron chi connectivity index (χ2n) is 7.05. The van der Waals surface area contributed by atoms with Gasteiger partial charge in [0.15, 0.2) is 9.84 Å². The largest absolute Gasteiger partial charge is 0.322 e. The summed E-state index contributed by atoms with van der Waals surface area (Å²) >= 11 is 0. The molecule has 1 amide bonds. The standard InChI is InChI=1S/C23H27NO3S/c1-17(2)9-8-12-22(28(26,27)21-15-13-18(3)14-16-21)19(4)23(25)24-20-10-6-5-7-11-20/h5-7,9-11,13-16,22H,4,8,12H2,1-3H3,(H,24,25). The third-order valence-electron chi connectivity index (χ3n) is 4.42. The van der Waals surface area contributed by atoms with Crippen LogP contribution in [-0.4, -0.2) is 19.6 Å². The lowest BCUT2D eigenvalue weighted by atomic mass is 10.1. The molecule has 0 saturated heterocycles. The van der Waals surface area contributed by atoms with E-state index in [2.05, 4.69) is 11.9 Å². The lowest BCUT2D eigenvalue weighted by molar-refractivity contribution is -0.112. The summed E-state index contributed by atoms with van der Waals surface area (Å²) in [6.45, 7) is 9.66. The van der Waals surface area contributed by atoms with Gasteiger partial charge in [-0.25, -0.2) is 8.42 Å². The summed E-state index contributed by atoms with van der Waals surface area (Å²) in [4.78, 5) is 12.9. The number of carbonyl (C=O) groups excluding carboxylic acids is 1. The van der Waals surface area contributed by atoms with Crippen LogP contribution in [0.15, 0.2) is 83.3 Å². The first-order chi connectivity index (χ1) is 13.2. The highest BCUT2D eigenvalue weighted by atomic mass is 32.2. The van der Waals surface area contributed by atoms with E-state index in [-0.39, 0.29) is 10.5 Å². The molecule has 0 spiro atoms. The average Bonchev–Trinajstić information content (AvgIpc) is 2.65. The fourth-order valence-corrected chi connectivity index (χ4v) is 4.58. The second kappa shape index (κ2) is 9.51. The fraction of sp³-hybridized carbons (Fsp3) is 0.261. The lowest BCUT2D eigenvalue weighted by Crippen LogP contribution is -2.30. The average molecular weight is 398 g/mol. The molecule has 1 unspecified atom stereocenters.